The molecule has 2 rings (SSSR count). The van der Waals surface area contributed by atoms with Gasteiger partial charge in [0.1, 0.15) is 5.76 Å². The van der Waals surface area contributed by atoms with Crippen LogP contribution in [0.15, 0.2) is 27.8 Å². The van der Waals surface area contributed by atoms with Gasteiger partial charge in [0.25, 0.3) is 0 Å². The third kappa shape index (κ3) is 7.90. The molecular weight excluding hydrogens is 322 g/mol. The molecule has 0 spiro atoms. The molecule has 0 aromatic carbocycles. The number of rotatable bonds is 11. The van der Waals surface area contributed by atoms with Crippen LogP contribution in [0.1, 0.15) is 32.4 Å². The van der Waals surface area contributed by atoms with Gasteiger partial charge in [-0.1, -0.05) is 0 Å². The van der Waals surface area contributed by atoms with E-state index in [9.17, 15) is 0 Å². The molecule has 1 saturated heterocycles. The number of ether oxygens (including phenoxy) is 3. The van der Waals surface area contributed by atoms with Crippen LogP contribution in [0, 0.1) is 0 Å². The van der Waals surface area contributed by atoms with Gasteiger partial charge in [-0.05, 0) is 32.4 Å². The Morgan fingerprint density at radius 1 is 1.28 bits per heavy atom. The van der Waals surface area contributed by atoms with Gasteiger partial charge in [-0.2, -0.15) is 0 Å². The minimum atomic E-state index is -0.485. The molecular formula is C18H31N3O4. The van der Waals surface area contributed by atoms with E-state index in [2.05, 4.69) is 15.6 Å². The van der Waals surface area contributed by atoms with Crippen molar-refractivity contribution in [3.05, 3.63) is 24.2 Å². The molecule has 0 amide bonds. The highest BCUT2D eigenvalue weighted by Crippen LogP contribution is 2.21. The van der Waals surface area contributed by atoms with E-state index in [0.29, 0.717) is 13.2 Å². The fourth-order valence-electron chi connectivity index (χ4n) is 2.54. The molecule has 25 heavy (non-hydrogen) atoms. The summed E-state index contributed by atoms with van der Waals surface area (Å²) in [7, 11) is 0. The summed E-state index contributed by atoms with van der Waals surface area (Å²) >= 11 is 0. The Morgan fingerprint density at radius 2 is 2.08 bits per heavy atom. The van der Waals surface area contributed by atoms with Gasteiger partial charge in [0.15, 0.2) is 11.7 Å². The second-order valence-corrected chi connectivity index (χ2v) is 6.04. The maximum atomic E-state index is 5.63. The normalized spacial score (nSPS) is 17.0. The van der Waals surface area contributed by atoms with Crippen LogP contribution in [0.5, 0.6) is 0 Å². The summed E-state index contributed by atoms with van der Waals surface area (Å²) in [5, 5.41) is 6.69. The highest BCUT2D eigenvalue weighted by Gasteiger charge is 2.30. The maximum Gasteiger partial charge on any atom is 0.191 e. The lowest BCUT2D eigenvalue weighted by Crippen LogP contribution is -2.41. The number of furan rings is 1. The largest absolute Gasteiger partial charge is 0.469 e. The molecule has 2 N–H and O–H groups in total. The number of aliphatic imine (C=N–C) groups is 1. The van der Waals surface area contributed by atoms with Gasteiger partial charge < -0.3 is 29.3 Å². The van der Waals surface area contributed by atoms with Crippen molar-refractivity contribution in [2.24, 2.45) is 4.99 Å². The second kappa shape index (κ2) is 11.1. The molecule has 0 saturated carbocycles. The van der Waals surface area contributed by atoms with Crippen LogP contribution in [0.2, 0.25) is 0 Å². The maximum absolute atomic E-state index is 5.63. The number of hydrogen-bond acceptors (Lipinski definition) is 5. The van der Waals surface area contributed by atoms with Crippen LogP contribution in [-0.4, -0.2) is 57.8 Å². The van der Waals surface area contributed by atoms with Crippen molar-refractivity contribution in [1.82, 2.24) is 10.6 Å². The molecule has 1 fully saturated rings. The summed E-state index contributed by atoms with van der Waals surface area (Å²) in [6.45, 7) is 9.00. The van der Waals surface area contributed by atoms with Crippen LogP contribution in [-0.2, 0) is 20.6 Å². The highest BCUT2D eigenvalue weighted by atomic mass is 16.7. The van der Waals surface area contributed by atoms with E-state index in [1.807, 2.05) is 26.0 Å². The fourth-order valence-corrected chi connectivity index (χ4v) is 2.54. The van der Waals surface area contributed by atoms with Crippen molar-refractivity contribution < 1.29 is 18.6 Å². The number of hydrogen-bond donors (Lipinski definition) is 2. The van der Waals surface area contributed by atoms with Crippen LogP contribution >= 0.6 is 0 Å². The Balaban J connectivity index is 1.72. The molecule has 0 atom stereocenters. The number of nitrogens with one attached hydrogen (secondary N) is 2. The van der Waals surface area contributed by atoms with E-state index in [1.165, 1.54) is 0 Å². The third-order valence-electron chi connectivity index (χ3n) is 3.93. The van der Waals surface area contributed by atoms with Crippen LogP contribution in [0.25, 0.3) is 0 Å². The van der Waals surface area contributed by atoms with E-state index < -0.39 is 5.79 Å². The molecule has 7 heteroatoms. The van der Waals surface area contributed by atoms with Crippen LogP contribution in [0.4, 0.5) is 0 Å². The highest BCUT2D eigenvalue weighted by molar-refractivity contribution is 5.79. The van der Waals surface area contributed by atoms with Gasteiger partial charge in [-0.3, -0.25) is 4.99 Å². The van der Waals surface area contributed by atoms with E-state index >= 15 is 0 Å². The Labute approximate surface area is 150 Å². The third-order valence-corrected chi connectivity index (χ3v) is 3.93. The molecule has 1 aliphatic heterocycles. The minimum absolute atomic E-state index is 0.485. The van der Waals surface area contributed by atoms with E-state index in [0.717, 1.165) is 63.8 Å². The van der Waals surface area contributed by atoms with Crippen molar-refractivity contribution >= 4 is 5.96 Å². The first-order chi connectivity index (χ1) is 12.2. The second-order valence-electron chi connectivity index (χ2n) is 6.04. The van der Waals surface area contributed by atoms with E-state index in [4.69, 9.17) is 18.6 Å². The minimum Gasteiger partial charge on any atom is -0.469 e. The zero-order valence-corrected chi connectivity index (χ0v) is 15.4. The van der Waals surface area contributed by atoms with Crippen LogP contribution in [0.3, 0.4) is 0 Å². The molecule has 2 heterocycles. The van der Waals surface area contributed by atoms with Crippen molar-refractivity contribution in [2.75, 3.05) is 46.1 Å². The Kier molecular flexibility index (Phi) is 8.79. The molecule has 0 unspecified atom stereocenters. The SMILES string of the molecule is CCOCCCN=C(NCCc1ccco1)NCCC1(C)OCCO1. The molecule has 1 aromatic heterocycles. The molecule has 1 aliphatic rings. The van der Waals surface area contributed by atoms with E-state index in [1.54, 1.807) is 6.26 Å². The summed E-state index contributed by atoms with van der Waals surface area (Å²) < 4.78 is 22.0. The van der Waals surface area contributed by atoms with Crippen molar-refractivity contribution in [3.63, 3.8) is 0 Å². The molecule has 1 aromatic rings. The predicted molar refractivity (Wildman–Crippen MR) is 96.8 cm³/mol. The molecule has 0 aliphatic carbocycles. The standard InChI is InChI=1S/C18H31N3O4/c1-3-22-12-5-9-19-17(20-10-7-16-6-4-13-23-16)21-11-8-18(2)24-14-15-25-18/h4,6,13H,3,5,7-12,14-15H2,1-2H3,(H2,19,20,21). The average Bonchev–Trinajstić information content (AvgIpc) is 3.26. The lowest BCUT2D eigenvalue weighted by atomic mass is 10.2. The van der Waals surface area contributed by atoms with Crippen LogP contribution < -0.4 is 10.6 Å². The Hall–Kier alpha value is -1.57. The van der Waals surface area contributed by atoms with Gasteiger partial charge in [0, 0.05) is 45.7 Å². The summed E-state index contributed by atoms with van der Waals surface area (Å²) in [6, 6.07) is 3.88. The summed E-state index contributed by atoms with van der Waals surface area (Å²) in [4.78, 5) is 4.60. The van der Waals surface area contributed by atoms with Crippen molar-refractivity contribution in [2.45, 2.75) is 38.9 Å². The average molecular weight is 353 g/mol. The lowest BCUT2D eigenvalue weighted by Gasteiger charge is -2.23. The summed E-state index contributed by atoms with van der Waals surface area (Å²) in [5.74, 6) is 1.27. The predicted octanol–water partition coefficient (Wildman–Crippen LogP) is 1.94. The molecule has 7 nitrogen and oxygen atoms in total. The van der Waals surface area contributed by atoms with Gasteiger partial charge in [0.2, 0.25) is 0 Å². The first-order valence-corrected chi connectivity index (χ1v) is 9.12. The smallest absolute Gasteiger partial charge is 0.191 e. The molecule has 142 valence electrons. The Bertz CT molecular complexity index is 485. The number of nitrogens with zero attached hydrogens (tertiary/aromatic N) is 1. The van der Waals surface area contributed by atoms with E-state index in [-0.39, 0.29) is 0 Å². The van der Waals surface area contributed by atoms with Gasteiger partial charge in [-0.25, -0.2) is 0 Å². The van der Waals surface area contributed by atoms with Crippen molar-refractivity contribution in [1.29, 1.82) is 0 Å². The quantitative estimate of drug-likeness (QED) is 0.360. The lowest BCUT2D eigenvalue weighted by molar-refractivity contribution is -0.145. The van der Waals surface area contributed by atoms with Gasteiger partial charge in [-0.15, -0.1) is 0 Å². The zero-order valence-electron chi connectivity index (χ0n) is 15.4. The zero-order chi connectivity index (χ0) is 17.8. The molecule has 0 bridgehead atoms. The number of guanidine groups is 1. The monoisotopic (exact) mass is 353 g/mol. The van der Waals surface area contributed by atoms with Gasteiger partial charge >= 0.3 is 0 Å². The Morgan fingerprint density at radius 3 is 2.80 bits per heavy atom. The first kappa shape index (κ1) is 19.8. The summed E-state index contributed by atoms with van der Waals surface area (Å²) in [5.41, 5.74) is 0. The van der Waals surface area contributed by atoms with Crippen molar-refractivity contribution in [3.8, 4) is 0 Å². The fraction of sp³-hybridized carbons (Fsp3) is 0.722. The first-order valence-electron chi connectivity index (χ1n) is 9.12. The molecule has 0 radical (unpaired) electrons. The van der Waals surface area contributed by atoms with Gasteiger partial charge in [0.05, 0.1) is 19.5 Å². The topological polar surface area (TPSA) is 77.2 Å². The summed E-state index contributed by atoms with van der Waals surface area (Å²) in [6.07, 6.45) is 4.18.